The minimum atomic E-state index is -0.678. The summed E-state index contributed by atoms with van der Waals surface area (Å²) in [6, 6.07) is 0. The Kier molecular flexibility index (Phi) is 38.3. The minimum absolute atomic E-state index is 0. The molecule has 1 atom stereocenters. The van der Waals surface area contributed by atoms with Crippen LogP contribution in [0.5, 0.6) is 0 Å². The van der Waals surface area contributed by atoms with Crippen LogP contribution in [0.4, 0.5) is 0 Å². The Morgan fingerprint density at radius 1 is 0.472 bits per heavy atom. The van der Waals surface area contributed by atoms with Gasteiger partial charge in [-0.15, -0.1) is 0 Å². The second-order valence-electron chi connectivity index (χ2n) is 10.2. The Bertz CT molecular complexity index is 445. The Labute approximate surface area is 235 Å². The van der Waals surface area contributed by atoms with Crippen molar-refractivity contribution in [2.75, 3.05) is 0 Å². The van der Waals surface area contributed by atoms with Crippen LogP contribution in [0, 0.1) is 0 Å². The zero-order valence-electron chi connectivity index (χ0n) is 23.4. The van der Waals surface area contributed by atoms with Crippen LogP contribution in [-0.4, -0.2) is 52.2 Å². The van der Waals surface area contributed by atoms with Gasteiger partial charge in [0.2, 0.25) is 0 Å². The predicted octanol–water partition coefficient (Wildman–Crippen LogP) is 8.65. The molecule has 0 fully saturated rings. The van der Waals surface area contributed by atoms with E-state index in [0.29, 0.717) is 12.8 Å². The number of hydrogen-bond acceptors (Lipinski definition) is 3. The Balaban J connectivity index is -0.000000635. The topological polar surface area (TPSA) is 94.8 Å². The summed E-state index contributed by atoms with van der Waals surface area (Å²) in [5.41, 5.74) is 0. The first-order valence-electron chi connectivity index (χ1n) is 15.1. The number of aliphatic carboxylic acids is 2. The van der Waals surface area contributed by atoms with Gasteiger partial charge in [-0.05, 0) is 25.7 Å². The average Bonchev–Trinajstić information content (AvgIpc) is 2.82. The van der Waals surface area contributed by atoms with Crippen molar-refractivity contribution in [1.82, 2.24) is 0 Å². The summed E-state index contributed by atoms with van der Waals surface area (Å²) in [4.78, 5) is 20.5. The second-order valence-corrected chi connectivity index (χ2v) is 10.2. The summed E-state index contributed by atoms with van der Waals surface area (Å²) in [6.07, 6.45) is 27.7. The Hall–Kier alpha value is -0.503. The van der Waals surface area contributed by atoms with E-state index < -0.39 is 11.9 Å². The first kappa shape index (κ1) is 40.0. The molecule has 0 amide bonds. The number of aliphatic hydroxyl groups excluding tert-OH is 1. The molecule has 36 heavy (non-hydrogen) atoms. The summed E-state index contributed by atoms with van der Waals surface area (Å²) < 4.78 is 0. The molecule has 0 aromatic heterocycles. The Morgan fingerprint density at radius 2 is 0.722 bits per heavy atom. The van der Waals surface area contributed by atoms with Gasteiger partial charge in [0.1, 0.15) is 0 Å². The molecule has 0 rings (SSSR count). The molecule has 0 aromatic rings. The maximum absolute atomic E-state index is 10.3. The molecule has 0 bridgehead atoms. The summed E-state index contributed by atoms with van der Waals surface area (Å²) in [5.74, 6) is -1.34. The van der Waals surface area contributed by atoms with E-state index in [9.17, 15) is 14.7 Å². The molecule has 0 radical (unpaired) electrons. The third kappa shape index (κ3) is 40.7. The van der Waals surface area contributed by atoms with Gasteiger partial charge < -0.3 is 15.3 Å². The third-order valence-electron chi connectivity index (χ3n) is 6.56. The molecule has 1 unspecified atom stereocenters. The Morgan fingerprint density at radius 3 is 1.03 bits per heavy atom. The van der Waals surface area contributed by atoms with Crippen LogP contribution < -0.4 is 0 Å². The fraction of sp³-hybridized carbons (Fsp3) is 0.933. The van der Waals surface area contributed by atoms with Crippen LogP contribution in [0.25, 0.3) is 0 Å². The fourth-order valence-corrected chi connectivity index (χ4v) is 4.25. The monoisotopic (exact) mass is 508 g/mol. The fourth-order valence-electron chi connectivity index (χ4n) is 4.25. The van der Waals surface area contributed by atoms with Crippen molar-refractivity contribution in [3.8, 4) is 0 Å². The number of carbonyl (C=O) groups is 2. The van der Waals surface area contributed by atoms with Gasteiger partial charge in [-0.25, -0.2) is 0 Å². The number of carboxylic acids is 2. The molecule has 5 nitrogen and oxygen atoms in total. The van der Waals surface area contributed by atoms with Crippen molar-refractivity contribution in [2.24, 2.45) is 0 Å². The number of unbranched alkanes of at least 4 members (excludes halogenated alkanes) is 18. The zero-order valence-corrected chi connectivity index (χ0v) is 23.4. The van der Waals surface area contributed by atoms with Crippen molar-refractivity contribution in [3.63, 3.8) is 0 Å². The summed E-state index contributed by atoms with van der Waals surface area (Å²) in [6.45, 7) is 4.44. The molecule has 0 saturated heterocycles. The number of hydrogen-bond donors (Lipinski definition) is 3. The number of rotatable bonds is 26. The molecule has 0 aliphatic heterocycles. The van der Waals surface area contributed by atoms with Crippen molar-refractivity contribution < 1.29 is 24.9 Å². The van der Waals surface area contributed by atoms with Gasteiger partial charge in [-0.2, -0.15) is 0 Å². The van der Waals surface area contributed by atoms with Gasteiger partial charge in [0.15, 0.2) is 0 Å². The molecule has 3 N–H and O–H groups in total. The first-order chi connectivity index (χ1) is 16.9. The number of carboxylic acid groups (broad SMARTS) is 2. The van der Waals surface area contributed by atoms with E-state index >= 15 is 0 Å². The molecular formula is C30H61LiO5. The molecule has 6 heteroatoms. The maximum atomic E-state index is 10.3. The molecule has 0 aliphatic carbocycles. The average molecular weight is 509 g/mol. The first-order valence-corrected chi connectivity index (χ1v) is 15.1. The second kappa shape index (κ2) is 34.5. The van der Waals surface area contributed by atoms with E-state index in [1.54, 1.807) is 0 Å². The van der Waals surface area contributed by atoms with Crippen molar-refractivity contribution in [1.29, 1.82) is 0 Å². The summed E-state index contributed by atoms with van der Waals surface area (Å²) in [7, 11) is 0. The predicted molar refractivity (Wildman–Crippen MR) is 155 cm³/mol. The van der Waals surface area contributed by atoms with Crippen LogP contribution in [0.3, 0.4) is 0 Å². The summed E-state index contributed by atoms with van der Waals surface area (Å²) >= 11 is 0. The normalized spacial score (nSPS) is 11.3. The van der Waals surface area contributed by atoms with Crippen molar-refractivity contribution >= 4 is 30.8 Å². The van der Waals surface area contributed by atoms with Crippen LogP contribution in [0.2, 0.25) is 0 Å². The third-order valence-corrected chi connectivity index (χ3v) is 6.56. The molecule has 0 spiro atoms. The number of aliphatic hydroxyl groups is 1. The molecule has 212 valence electrons. The molecule has 0 aliphatic rings. The van der Waals surface area contributed by atoms with Crippen LogP contribution in [0.1, 0.15) is 174 Å². The van der Waals surface area contributed by atoms with Gasteiger partial charge in [-0.1, -0.05) is 136 Å². The van der Waals surface area contributed by atoms with E-state index in [1.165, 1.54) is 96.3 Å². The quantitative estimate of drug-likeness (QED) is 0.0802. The van der Waals surface area contributed by atoms with E-state index in [-0.39, 0.29) is 25.0 Å². The SMILES string of the molecule is CCCCCCC(O)CCCCCCCCCCC(=O)O.CCCCCCCCCCCC(=O)O.[LiH]. The van der Waals surface area contributed by atoms with Crippen LogP contribution in [0.15, 0.2) is 0 Å². The van der Waals surface area contributed by atoms with Gasteiger partial charge in [-0.3, -0.25) is 9.59 Å². The van der Waals surface area contributed by atoms with Crippen molar-refractivity contribution in [2.45, 2.75) is 180 Å². The standard InChI is InChI=1S/C18H36O3.C12H24O2.Li.H/c1-2-3-4-11-14-17(19)15-12-9-7-5-6-8-10-13-16-18(20)21;1-2-3-4-5-6-7-8-9-10-11-12(13)14;;/h17,19H,2-16H2,1H3,(H,20,21);2-11H2,1H3,(H,13,14);;. The van der Waals surface area contributed by atoms with Gasteiger partial charge >= 0.3 is 30.8 Å². The van der Waals surface area contributed by atoms with Gasteiger partial charge in [0, 0.05) is 12.8 Å². The van der Waals surface area contributed by atoms with Gasteiger partial charge in [0.25, 0.3) is 0 Å². The van der Waals surface area contributed by atoms with E-state index in [2.05, 4.69) is 13.8 Å². The van der Waals surface area contributed by atoms with Crippen LogP contribution in [-0.2, 0) is 9.59 Å². The molecule has 0 saturated carbocycles. The van der Waals surface area contributed by atoms with E-state index in [0.717, 1.165) is 51.4 Å². The van der Waals surface area contributed by atoms with E-state index in [4.69, 9.17) is 10.2 Å². The van der Waals surface area contributed by atoms with Crippen LogP contribution >= 0.6 is 0 Å². The molecular weight excluding hydrogens is 447 g/mol. The van der Waals surface area contributed by atoms with Crippen molar-refractivity contribution in [3.05, 3.63) is 0 Å². The van der Waals surface area contributed by atoms with Gasteiger partial charge in [0.05, 0.1) is 6.10 Å². The zero-order chi connectivity index (χ0) is 26.4. The van der Waals surface area contributed by atoms with E-state index in [1.807, 2.05) is 0 Å². The summed E-state index contributed by atoms with van der Waals surface area (Å²) in [5, 5.41) is 26.8. The molecule has 0 aromatic carbocycles. The molecule has 0 heterocycles.